The molecule has 0 aliphatic rings. The van der Waals surface area contributed by atoms with Gasteiger partial charge in [-0.05, 0) is 55.5 Å². The minimum Gasteiger partial charge on any atom is -0.491 e. The van der Waals surface area contributed by atoms with E-state index in [1.54, 1.807) is 0 Å². The van der Waals surface area contributed by atoms with Crippen molar-refractivity contribution < 1.29 is 9.84 Å². The maximum Gasteiger partial charge on any atom is 0.142 e. The van der Waals surface area contributed by atoms with Gasteiger partial charge in [0, 0.05) is 6.54 Å². The van der Waals surface area contributed by atoms with E-state index in [9.17, 15) is 0 Å². The van der Waals surface area contributed by atoms with Crippen molar-refractivity contribution >= 4 is 5.69 Å². The van der Waals surface area contributed by atoms with Crippen LogP contribution in [0.1, 0.15) is 24.0 Å². The van der Waals surface area contributed by atoms with Gasteiger partial charge in [-0.1, -0.05) is 36.4 Å². The number of nitrogens with two attached hydrogens (primary N) is 1. The van der Waals surface area contributed by atoms with E-state index >= 15 is 0 Å². The molecule has 24 heavy (non-hydrogen) atoms. The van der Waals surface area contributed by atoms with E-state index in [-0.39, 0.29) is 6.61 Å². The van der Waals surface area contributed by atoms with Crippen molar-refractivity contribution in [3.8, 4) is 5.75 Å². The Balaban J connectivity index is 1.69. The Labute approximate surface area is 144 Å². The van der Waals surface area contributed by atoms with E-state index in [0.29, 0.717) is 18.8 Å². The van der Waals surface area contributed by atoms with Crippen LogP contribution in [0.3, 0.4) is 0 Å². The summed E-state index contributed by atoms with van der Waals surface area (Å²) in [7, 11) is 0. The van der Waals surface area contributed by atoms with Crippen LogP contribution >= 0.6 is 0 Å². The minimum absolute atomic E-state index is 0.184. The lowest BCUT2D eigenvalue weighted by atomic mass is 10.1. The fourth-order valence-corrected chi connectivity index (χ4v) is 2.61. The topological polar surface area (TPSA) is 67.5 Å². The van der Waals surface area contributed by atoms with Gasteiger partial charge in [-0.3, -0.25) is 0 Å². The zero-order valence-electron chi connectivity index (χ0n) is 14.2. The molecule has 0 spiro atoms. The van der Waals surface area contributed by atoms with E-state index in [2.05, 4.69) is 35.6 Å². The number of hydrogen-bond donors (Lipinski definition) is 3. The van der Waals surface area contributed by atoms with Gasteiger partial charge >= 0.3 is 0 Å². The first-order valence-electron chi connectivity index (χ1n) is 8.66. The number of hydrogen-bond acceptors (Lipinski definition) is 4. The number of aliphatic hydroxyl groups excluding tert-OH is 1. The molecular weight excluding hydrogens is 300 g/mol. The molecule has 0 bridgehead atoms. The molecule has 0 saturated carbocycles. The quantitative estimate of drug-likeness (QED) is 0.438. The largest absolute Gasteiger partial charge is 0.491 e. The number of ether oxygens (including phenoxy) is 1. The van der Waals surface area contributed by atoms with Crippen molar-refractivity contribution in [1.29, 1.82) is 0 Å². The van der Waals surface area contributed by atoms with Gasteiger partial charge in [0.1, 0.15) is 5.75 Å². The predicted molar refractivity (Wildman–Crippen MR) is 99.4 cm³/mol. The third kappa shape index (κ3) is 6.60. The third-order valence-corrected chi connectivity index (χ3v) is 3.89. The molecule has 0 fully saturated rings. The van der Waals surface area contributed by atoms with Gasteiger partial charge in [-0.25, -0.2) is 0 Å². The lowest BCUT2D eigenvalue weighted by Gasteiger charge is -2.11. The van der Waals surface area contributed by atoms with Crippen LogP contribution in [0, 0.1) is 0 Å². The summed E-state index contributed by atoms with van der Waals surface area (Å²) in [5, 5.41) is 11.9. The van der Waals surface area contributed by atoms with Crippen LogP contribution in [-0.4, -0.2) is 31.4 Å². The fourth-order valence-electron chi connectivity index (χ4n) is 2.61. The van der Waals surface area contributed by atoms with Crippen molar-refractivity contribution in [3.63, 3.8) is 0 Å². The Morgan fingerprint density at radius 3 is 2.46 bits per heavy atom. The first-order chi connectivity index (χ1) is 11.8. The summed E-state index contributed by atoms with van der Waals surface area (Å²) in [5.74, 6) is 0.769. The fraction of sp³-hybridized carbons (Fsp3) is 0.400. The monoisotopic (exact) mass is 328 g/mol. The lowest BCUT2D eigenvalue weighted by molar-refractivity contribution is 0.292. The molecule has 130 valence electrons. The first-order valence-corrected chi connectivity index (χ1v) is 8.66. The SMILES string of the molecule is Nc1cc(CCCNCCO)ccc1OCCCc1ccccc1. The van der Waals surface area contributed by atoms with Gasteiger partial charge in [0.2, 0.25) is 0 Å². The lowest BCUT2D eigenvalue weighted by Crippen LogP contribution is -2.19. The minimum atomic E-state index is 0.184. The number of nitrogens with one attached hydrogen (secondary N) is 1. The molecule has 0 aliphatic carbocycles. The molecule has 2 aromatic carbocycles. The van der Waals surface area contributed by atoms with Crippen LogP contribution in [0.5, 0.6) is 5.75 Å². The van der Waals surface area contributed by atoms with Crippen molar-refractivity contribution in [2.24, 2.45) is 0 Å². The van der Waals surface area contributed by atoms with Crippen molar-refractivity contribution in [3.05, 3.63) is 59.7 Å². The highest BCUT2D eigenvalue weighted by Gasteiger charge is 2.03. The molecule has 0 amide bonds. The van der Waals surface area contributed by atoms with Gasteiger partial charge in [-0.2, -0.15) is 0 Å². The third-order valence-electron chi connectivity index (χ3n) is 3.89. The van der Waals surface area contributed by atoms with Crippen molar-refractivity contribution in [2.45, 2.75) is 25.7 Å². The molecule has 0 aliphatic heterocycles. The Hall–Kier alpha value is -2.04. The summed E-state index contributed by atoms with van der Waals surface area (Å²) in [6.45, 7) is 2.41. The standard InChI is InChI=1S/C20H28N2O2/c21-19-16-18(8-4-12-22-13-14-23)10-11-20(19)24-15-5-9-17-6-2-1-3-7-17/h1-3,6-7,10-11,16,22-23H,4-5,8-9,12-15,21H2. The second kappa shape index (κ2) is 10.7. The van der Waals surface area contributed by atoms with E-state index in [1.165, 1.54) is 11.1 Å². The summed E-state index contributed by atoms with van der Waals surface area (Å²) >= 11 is 0. The highest BCUT2D eigenvalue weighted by molar-refractivity contribution is 5.54. The zero-order chi connectivity index (χ0) is 17.0. The summed E-state index contributed by atoms with van der Waals surface area (Å²) in [6, 6.07) is 16.5. The molecule has 0 aromatic heterocycles. The van der Waals surface area contributed by atoms with Crippen molar-refractivity contribution in [2.75, 3.05) is 32.0 Å². The Bertz CT molecular complexity index is 587. The Morgan fingerprint density at radius 2 is 1.71 bits per heavy atom. The normalized spacial score (nSPS) is 10.7. The van der Waals surface area contributed by atoms with E-state index in [0.717, 1.165) is 38.0 Å². The molecule has 0 saturated heterocycles. The Morgan fingerprint density at radius 1 is 0.917 bits per heavy atom. The van der Waals surface area contributed by atoms with Crippen LogP contribution in [-0.2, 0) is 12.8 Å². The second-order valence-corrected chi connectivity index (χ2v) is 5.89. The number of anilines is 1. The molecule has 4 N–H and O–H groups in total. The van der Waals surface area contributed by atoms with Crippen LogP contribution in [0.15, 0.2) is 48.5 Å². The summed E-state index contributed by atoms with van der Waals surface area (Å²) < 4.78 is 5.81. The molecule has 0 radical (unpaired) electrons. The molecule has 4 nitrogen and oxygen atoms in total. The average Bonchev–Trinajstić information content (AvgIpc) is 2.61. The molecule has 2 aromatic rings. The van der Waals surface area contributed by atoms with E-state index < -0.39 is 0 Å². The van der Waals surface area contributed by atoms with E-state index in [4.69, 9.17) is 15.6 Å². The number of benzene rings is 2. The summed E-state index contributed by atoms with van der Waals surface area (Å²) in [6.07, 6.45) is 3.98. The van der Waals surface area contributed by atoms with E-state index in [1.807, 2.05) is 18.2 Å². The van der Waals surface area contributed by atoms with Gasteiger partial charge in [0.05, 0.1) is 18.9 Å². The zero-order valence-corrected chi connectivity index (χ0v) is 14.2. The van der Waals surface area contributed by atoms with Gasteiger partial charge < -0.3 is 20.9 Å². The van der Waals surface area contributed by atoms with Crippen LogP contribution < -0.4 is 15.8 Å². The first kappa shape index (κ1) is 18.3. The molecule has 2 rings (SSSR count). The number of aliphatic hydroxyl groups is 1. The van der Waals surface area contributed by atoms with Crippen LogP contribution in [0.4, 0.5) is 5.69 Å². The van der Waals surface area contributed by atoms with Gasteiger partial charge in [0.15, 0.2) is 0 Å². The Kier molecular flexibility index (Phi) is 8.15. The highest BCUT2D eigenvalue weighted by Crippen LogP contribution is 2.23. The maximum atomic E-state index is 8.71. The molecule has 4 heteroatoms. The second-order valence-electron chi connectivity index (χ2n) is 5.89. The van der Waals surface area contributed by atoms with Gasteiger partial charge in [-0.15, -0.1) is 0 Å². The molecule has 0 unspecified atom stereocenters. The maximum absolute atomic E-state index is 8.71. The highest BCUT2D eigenvalue weighted by atomic mass is 16.5. The average molecular weight is 328 g/mol. The molecule has 0 heterocycles. The number of aryl methyl sites for hydroxylation is 2. The van der Waals surface area contributed by atoms with Gasteiger partial charge in [0.25, 0.3) is 0 Å². The molecule has 0 atom stereocenters. The van der Waals surface area contributed by atoms with Crippen molar-refractivity contribution in [1.82, 2.24) is 5.32 Å². The summed E-state index contributed by atoms with van der Waals surface area (Å²) in [5.41, 5.74) is 9.35. The van der Waals surface area contributed by atoms with Crippen LogP contribution in [0.25, 0.3) is 0 Å². The summed E-state index contributed by atoms with van der Waals surface area (Å²) in [4.78, 5) is 0. The number of rotatable bonds is 11. The van der Waals surface area contributed by atoms with Crippen LogP contribution in [0.2, 0.25) is 0 Å². The molecular formula is C20H28N2O2. The predicted octanol–water partition coefficient (Wildman–Crippen LogP) is 2.79. The smallest absolute Gasteiger partial charge is 0.142 e. The number of nitrogen functional groups attached to an aromatic ring is 1.